The van der Waals surface area contributed by atoms with Crippen LogP contribution in [-0.2, 0) is 0 Å². The van der Waals surface area contributed by atoms with Gasteiger partial charge in [0.15, 0.2) is 0 Å². The Bertz CT molecular complexity index is 608. The lowest BCUT2D eigenvalue weighted by molar-refractivity contribution is -0.0957. The molecule has 1 aromatic heterocycles. The lowest BCUT2D eigenvalue weighted by Gasteiger charge is -2.12. The SMILES string of the molecule is O=C(c1c[nH]c2ccc(Br)cc12)C(F)(F)C(F)F. The predicted octanol–water partition coefficient (Wildman–Crippen LogP) is 4.01. The number of carbonyl (C=O) groups excluding carboxylic acids is 1. The van der Waals surface area contributed by atoms with Gasteiger partial charge in [0, 0.05) is 27.1 Å². The minimum absolute atomic E-state index is 0.176. The first-order valence-corrected chi connectivity index (χ1v) is 5.60. The molecule has 0 atom stereocenters. The Morgan fingerprint density at radius 3 is 2.61 bits per heavy atom. The summed E-state index contributed by atoms with van der Waals surface area (Å²) in [7, 11) is 0. The summed E-state index contributed by atoms with van der Waals surface area (Å²) in [6, 6.07) is 4.61. The Balaban J connectivity index is 2.55. The average Bonchev–Trinajstić information content (AvgIpc) is 2.70. The first-order chi connectivity index (χ1) is 8.34. The third-order valence-electron chi connectivity index (χ3n) is 2.47. The third kappa shape index (κ3) is 2.03. The summed E-state index contributed by atoms with van der Waals surface area (Å²) in [5, 5.41) is 0.176. The van der Waals surface area contributed by atoms with Crippen molar-refractivity contribution in [2.24, 2.45) is 0 Å². The quantitative estimate of drug-likeness (QED) is 0.671. The van der Waals surface area contributed by atoms with Crippen LogP contribution in [0.5, 0.6) is 0 Å². The van der Waals surface area contributed by atoms with Crippen molar-refractivity contribution in [1.29, 1.82) is 0 Å². The summed E-state index contributed by atoms with van der Waals surface area (Å²) in [6.07, 6.45) is -3.02. The highest BCUT2D eigenvalue weighted by Gasteiger charge is 2.49. The van der Waals surface area contributed by atoms with Gasteiger partial charge >= 0.3 is 12.3 Å². The minimum Gasteiger partial charge on any atom is -0.360 e. The molecule has 7 heteroatoms. The smallest absolute Gasteiger partial charge is 0.360 e. The number of alkyl halides is 4. The molecule has 0 aliphatic heterocycles. The fourth-order valence-electron chi connectivity index (χ4n) is 1.56. The highest BCUT2D eigenvalue weighted by molar-refractivity contribution is 9.10. The van der Waals surface area contributed by atoms with Crippen LogP contribution in [0.25, 0.3) is 10.9 Å². The second-order valence-corrected chi connectivity index (χ2v) is 4.56. The van der Waals surface area contributed by atoms with E-state index in [1.165, 1.54) is 6.07 Å². The van der Waals surface area contributed by atoms with E-state index in [9.17, 15) is 22.4 Å². The first-order valence-electron chi connectivity index (χ1n) is 4.81. The molecule has 0 aliphatic rings. The van der Waals surface area contributed by atoms with E-state index in [0.29, 0.717) is 9.99 Å². The van der Waals surface area contributed by atoms with E-state index in [2.05, 4.69) is 20.9 Å². The van der Waals surface area contributed by atoms with Crippen LogP contribution >= 0.6 is 15.9 Å². The number of aromatic amines is 1. The summed E-state index contributed by atoms with van der Waals surface area (Å²) < 4.78 is 50.9. The van der Waals surface area contributed by atoms with Crippen LogP contribution in [0.1, 0.15) is 10.4 Å². The Morgan fingerprint density at radius 1 is 1.33 bits per heavy atom. The number of nitrogens with one attached hydrogen (secondary N) is 1. The Kier molecular flexibility index (Phi) is 3.18. The minimum atomic E-state index is -4.68. The van der Waals surface area contributed by atoms with E-state index in [1.807, 2.05) is 0 Å². The highest BCUT2D eigenvalue weighted by atomic mass is 79.9. The number of hydrogen-bond acceptors (Lipinski definition) is 1. The van der Waals surface area contributed by atoms with Crippen molar-refractivity contribution in [1.82, 2.24) is 4.98 Å². The average molecular weight is 324 g/mol. The van der Waals surface area contributed by atoms with Crippen LogP contribution < -0.4 is 0 Å². The molecule has 2 rings (SSSR count). The van der Waals surface area contributed by atoms with Gasteiger partial charge in [0.2, 0.25) is 5.78 Å². The van der Waals surface area contributed by atoms with Gasteiger partial charge in [-0.15, -0.1) is 0 Å². The van der Waals surface area contributed by atoms with Gasteiger partial charge in [-0.2, -0.15) is 8.78 Å². The standard InChI is InChI=1S/C11H6BrF4NO/c12-5-1-2-8-6(3-5)7(4-17-8)9(18)11(15,16)10(13)14/h1-4,10,17H. The molecule has 0 bridgehead atoms. The molecule has 0 radical (unpaired) electrons. The van der Waals surface area contributed by atoms with Crippen molar-refractivity contribution in [2.75, 3.05) is 0 Å². The zero-order chi connectivity index (χ0) is 13.5. The van der Waals surface area contributed by atoms with Gasteiger partial charge in [-0.25, -0.2) is 8.78 Å². The fraction of sp³-hybridized carbons (Fsp3) is 0.182. The van der Waals surface area contributed by atoms with E-state index < -0.39 is 23.7 Å². The number of benzene rings is 1. The molecule has 0 unspecified atom stereocenters. The van der Waals surface area contributed by atoms with Gasteiger partial charge < -0.3 is 4.98 Å². The van der Waals surface area contributed by atoms with Crippen LogP contribution in [0.4, 0.5) is 17.6 Å². The van der Waals surface area contributed by atoms with Gasteiger partial charge in [-0.1, -0.05) is 15.9 Å². The van der Waals surface area contributed by atoms with Gasteiger partial charge in [0.1, 0.15) is 0 Å². The molecule has 0 aliphatic carbocycles. The third-order valence-corrected chi connectivity index (χ3v) is 2.96. The molecule has 0 saturated heterocycles. The molecule has 0 fully saturated rings. The molecule has 18 heavy (non-hydrogen) atoms. The molecule has 1 heterocycles. The molecule has 96 valence electrons. The van der Waals surface area contributed by atoms with Gasteiger partial charge in [0.05, 0.1) is 0 Å². The molecule has 0 saturated carbocycles. The summed E-state index contributed by atoms with van der Waals surface area (Å²) in [5.41, 5.74) is -0.0248. The van der Waals surface area contributed by atoms with Gasteiger partial charge in [0.25, 0.3) is 0 Å². The maximum Gasteiger partial charge on any atom is 0.368 e. The number of ketones is 1. The second kappa shape index (κ2) is 4.38. The molecule has 2 nitrogen and oxygen atoms in total. The van der Waals surface area contributed by atoms with Crippen molar-refractivity contribution in [3.63, 3.8) is 0 Å². The maximum atomic E-state index is 13.0. The lowest BCUT2D eigenvalue weighted by Crippen LogP contribution is -2.36. The zero-order valence-corrected chi connectivity index (χ0v) is 10.3. The van der Waals surface area contributed by atoms with Gasteiger partial charge in [-0.05, 0) is 18.2 Å². The highest BCUT2D eigenvalue weighted by Crippen LogP contribution is 2.31. The number of carbonyl (C=O) groups is 1. The van der Waals surface area contributed by atoms with E-state index in [4.69, 9.17) is 0 Å². The number of fused-ring (bicyclic) bond motifs is 1. The van der Waals surface area contributed by atoms with E-state index in [-0.39, 0.29) is 5.39 Å². The molecular weight excluding hydrogens is 318 g/mol. The summed E-state index contributed by atoms with van der Waals surface area (Å²) in [6.45, 7) is 0. The van der Waals surface area contributed by atoms with E-state index >= 15 is 0 Å². The molecule has 0 spiro atoms. The van der Waals surface area contributed by atoms with E-state index in [0.717, 1.165) is 6.20 Å². The zero-order valence-electron chi connectivity index (χ0n) is 8.68. The van der Waals surface area contributed by atoms with Crippen LogP contribution in [0, 0.1) is 0 Å². The van der Waals surface area contributed by atoms with Crippen LogP contribution in [-0.4, -0.2) is 23.1 Å². The fourth-order valence-corrected chi connectivity index (χ4v) is 1.92. The normalized spacial score (nSPS) is 12.3. The lowest BCUT2D eigenvalue weighted by atomic mass is 10.0. The van der Waals surface area contributed by atoms with Crippen LogP contribution in [0.2, 0.25) is 0 Å². The van der Waals surface area contributed by atoms with Crippen molar-refractivity contribution in [3.8, 4) is 0 Å². The number of H-pyrrole nitrogens is 1. The molecule has 2 aromatic rings. The largest absolute Gasteiger partial charge is 0.368 e. The van der Waals surface area contributed by atoms with Crippen molar-refractivity contribution >= 4 is 32.6 Å². The second-order valence-electron chi connectivity index (χ2n) is 3.65. The summed E-state index contributed by atoms with van der Waals surface area (Å²) >= 11 is 3.12. The van der Waals surface area contributed by atoms with Crippen molar-refractivity contribution in [2.45, 2.75) is 12.3 Å². The van der Waals surface area contributed by atoms with E-state index in [1.54, 1.807) is 12.1 Å². The Labute approximate surface area is 107 Å². The monoisotopic (exact) mass is 323 g/mol. The first kappa shape index (κ1) is 13.1. The summed E-state index contributed by atoms with van der Waals surface area (Å²) in [5.74, 6) is -6.57. The Hall–Kier alpha value is -1.37. The molecule has 0 amide bonds. The topological polar surface area (TPSA) is 32.9 Å². The van der Waals surface area contributed by atoms with Gasteiger partial charge in [-0.3, -0.25) is 4.79 Å². The number of Topliss-reactive ketones (excluding diaryl/α,β-unsaturated/α-hetero) is 1. The molecule has 1 N–H and O–H groups in total. The Morgan fingerprint density at radius 2 is 2.00 bits per heavy atom. The maximum absolute atomic E-state index is 13.0. The molecule has 1 aromatic carbocycles. The summed E-state index contributed by atoms with van der Waals surface area (Å²) in [4.78, 5) is 14.0. The number of hydrogen-bond donors (Lipinski definition) is 1. The number of halogens is 5. The number of rotatable bonds is 3. The van der Waals surface area contributed by atoms with Crippen molar-refractivity contribution < 1.29 is 22.4 Å². The van der Waals surface area contributed by atoms with Crippen LogP contribution in [0.3, 0.4) is 0 Å². The van der Waals surface area contributed by atoms with Crippen LogP contribution in [0.15, 0.2) is 28.9 Å². The van der Waals surface area contributed by atoms with Crippen molar-refractivity contribution in [3.05, 3.63) is 34.4 Å². The predicted molar refractivity (Wildman–Crippen MR) is 61.3 cm³/mol. The molecular formula is C11H6BrF4NO. The number of aromatic nitrogens is 1.